The molecule has 0 unspecified atom stereocenters. The highest BCUT2D eigenvalue weighted by Crippen LogP contribution is 2.34. The highest BCUT2D eigenvalue weighted by Gasteiger charge is 2.27. The second kappa shape index (κ2) is 11.5. The van der Waals surface area contributed by atoms with E-state index < -0.39 is 17.6 Å². The second-order valence-corrected chi connectivity index (χ2v) is 10.7. The first-order chi connectivity index (χ1) is 20.3. The molecule has 0 aliphatic carbocycles. The molecular formula is C31H26ClF2N3O5. The van der Waals surface area contributed by atoms with E-state index in [1.54, 1.807) is 23.1 Å². The van der Waals surface area contributed by atoms with Crippen LogP contribution in [0, 0.1) is 11.6 Å². The number of aromatic carboxylic acids is 1. The summed E-state index contributed by atoms with van der Waals surface area (Å²) in [4.78, 5) is 31.2. The van der Waals surface area contributed by atoms with Gasteiger partial charge in [0.25, 0.3) is 0 Å². The smallest absolute Gasteiger partial charge is 0.335 e. The lowest BCUT2D eigenvalue weighted by molar-refractivity contribution is -0.127. The fourth-order valence-electron chi connectivity index (χ4n) is 5.18. The highest BCUT2D eigenvalue weighted by molar-refractivity contribution is 6.30. The predicted molar refractivity (Wildman–Crippen MR) is 151 cm³/mol. The number of halogens is 3. The third kappa shape index (κ3) is 5.60. The number of carbonyl (C=O) groups is 2. The van der Waals surface area contributed by atoms with Gasteiger partial charge in [0, 0.05) is 35.4 Å². The van der Waals surface area contributed by atoms with Crippen molar-refractivity contribution < 1.29 is 33.0 Å². The SMILES string of the molecule is O=C(O)c1ccc2nc(CN3CCC(c4cccc(F)c4OCc4ccc(Cl)cc4F)=CC3=O)n(C[C@@H]3CCO3)c2c1. The number of carboxylic acids is 1. The van der Waals surface area contributed by atoms with Crippen LogP contribution in [0.4, 0.5) is 8.78 Å². The number of rotatable bonds is 9. The normalized spacial score (nSPS) is 16.8. The summed E-state index contributed by atoms with van der Waals surface area (Å²) in [5, 5.41) is 9.72. The number of benzene rings is 3. The fraction of sp³-hybridized carbons (Fsp3) is 0.258. The zero-order valence-corrected chi connectivity index (χ0v) is 23.1. The number of hydrogen-bond acceptors (Lipinski definition) is 5. The lowest BCUT2D eigenvalue weighted by atomic mass is 9.98. The summed E-state index contributed by atoms with van der Waals surface area (Å²) in [6.45, 7) is 1.50. The number of nitrogens with zero attached hydrogens (tertiary/aromatic N) is 3. The molecule has 0 bridgehead atoms. The van der Waals surface area contributed by atoms with Gasteiger partial charge in [0.1, 0.15) is 18.2 Å². The van der Waals surface area contributed by atoms with Gasteiger partial charge >= 0.3 is 5.97 Å². The average Bonchev–Trinajstić information content (AvgIpc) is 3.27. The zero-order valence-electron chi connectivity index (χ0n) is 22.4. The number of imidazole rings is 1. The second-order valence-electron chi connectivity index (χ2n) is 10.2. The molecule has 2 aliphatic rings. The van der Waals surface area contributed by atoms with Crippen LogP contribution in [-0.2, 0) is 29.2 Å². The van der Waals surface area contributed by atoms with E-state index in [1.165, 1.54) is 36.4 Å². The molecule has 1 N–H and O–H groups in total. The predicted octanol–water partition coefficient (Wildman–Crippen LogP) is 5.85. The van der Waals surface area contributed by atoms with Crippen molar-refractivity contribution in [3.63, 3.8) is 0 Å². The minimum Gasteiger partial charge on any atom is -0.485 e. The zero-order chi connectivity index (χ0) is 29.4. The van der Waals surface area contributed by atoms with Crippen molar-refractivity contribution in [1.82, 2.24) is 14.5 Å². The maximum Gasteiger partial charge on any atom is 0.335 e. The van der Waals surface area contributed by atoms with E-state index in [2.05, 4.69) is 0 Å². The molecule has 1 saturated heterocycles. The molecule has 0 saturated carbocycles. The summed E-state index contributed by atoms with van der Waals surface area (Å²) in [7, 11) is 0. The quantitative estimate of drug-likeness (QED) is 0.262. The minimum atomic E-state index is -1.03. The molecule has 1 fully saturated rings. The Balaban J connectivity index is 1.24. The van der Waals surface area contributed by atoms with Gasteiger partial charge in [-0.2, -0.15) is 0 Å². The molecule has 1 atom stereocenters. The third-order valence-electron chi connectivity index (χ3n) is 7.55. The van der Waals surface area contributed by atoms with Gasteiger partial charge in [-0.1, -0.05) is 29.8 Å². The number of hydrogen-bond donors (Lipinski definition) is 1. The van der Waals surface area contributed by atoms with Crippen molar-refractivity contribution in [2.45, 2.75) is 38.6 Å². The Morgan fingerprint density at radius 1 is 1.14 bits per heavy atom. The van der Waals surface area contributed by atoms with E-state index in [-0.39, 0.29) is 47.1 Å². The Morgan fingerprint density at radius 2 is 1.98 bits per heavy atom. The summed E-state index contributed by atoms with van der Waals surface area (Å²) in [5.74, 6) is -1.93. The van der Waals surface area contributed by atoms with Gasteiger partial charge in [-0.3, -0.25) is 4.79 Å². The topological polar surface area (TPSA) is 93.9 Å². The van der Waals surface area contributed by atoms with E-state index in [9.17, 15) is 23.5 Å². The van der Waals surface area contributed by atoms with E-state index in [0.29, 0.717) is 54.1 Å². The lowest BCUT2D eigenvalue weighted by Crippen LogP contribution is -2.36. The molecule has 0 spiro atoms. The van der Waals surface area contributed by atoms with Gasteiger partial charge in [-0.25, -0.2) is 18.6 Å². The number of amides is 1. The highest BCUT2D eigenvalue weighted by atomic mass is 35.5. The van der Waals surface area contributed by atoms with Crippen LogP contribution in [0.2, 0.25) is 5.02 Å². The van der Waals surface area contributed by atoms with Gasteiger partial charge in [0.15, 0.2) is 11.6 Å². The number of ether oxygens (including phenoxy) is 2. The monoisotopic (exact) mass is 593 g/mol. The van der Waals surface area contributed by atoms with Gasteiger partial charge in [-0.15, -0.1) is 0 Å². The number of aromatic nitrogens is 2. The van der Waals surface area contributed by atoms with Crippen molar-refractivity contribution in [2.75, 3.05) is 13.2 Å². The first-order valence-electron chi connectivity index (χ1n) is 13.5. The Morgan fingerprint density at radius 3 is 2.69 bits per heavy atom. The molecule has 11 heteroatoms. The van der Waals surface area contributed by atoms with Crippen molar-refractivity contribution in [3.05, 3.63) is 99.8 Å². The van der Waals surface area contributed by atoms with Crippen LogP contribution in [0.25, 0.3) is 16.6 Å². The van der Waals surface area contributed by atoms with Crippen LogP contribution in [-0.4, -0.2) is 50.7 Å². The molecule has 216 valence electrons. The van der Waals surface area contributed by atoms with Crippen LogP contribution >= 0.6 is 11.6 Å². The Kier molecular flexibility index (Phi) is 7.66. The van der Waals surface area contributed by atoms with E-state index in [4.69, 9.17) is 26.1 Å². The summed E-state index contributed by atoms with van der Waals surface area (Å²) < 4.78 is 42.4. The van der Waals surface area contributed by atoms with Crippen molar-refractivity contribution >= 4 is 40.1 Å². The fourth-order valence-corrected chi connectivity index (χ4v) is 5.34. The number of para-hydroxylation sites is 1. The van der Waals surface area contributed by atoms with Gasteiger partial charge in [0.05, 0.1) is 35.8 Å². The van der Waals surface area contributed by atoms with Gasteiger partial charge < -0.3 is 24.0 Å². The molecular weight excluding hydrogens is 568 g/mol. The third-order valence-corrected chi connectivity index (χ3v) is 7.78. The minimum absolute atomic E-state index is 0.00839. The molecule has 6 rings (SSSR count). The molecule has 42 heavy (non-hydrogen) atoms. The molecule has 0 radical (unpaired) electrons. The van der Waals surface area contributed by atoms with Gasteiger partial charge in [-0.05, 0) is 54.8 Å². The molecule has 2 aliphatic heterocycles. The summed E-state index contributed by atoms with van der Waals surface area (Å²) >= 11 is 5.82. The summed E-state index contributed by atoms with van der Waals surface area (Å²) in [6, 6.07) is 13.4. The molecule has 1 amide bonds. The Labute approximate surface area is 244 Å². The average molecular weight is 594 g/mol. The Hall–Kier alpha value is -4.28. The molecule has 3 aromatic carbocycles. The first-order valence-corrected chi connectivity index (χ1v) is 13.8. The molecule has 8 nitrogen and oxygen atoms in total. The first kappa shape index (κ1) is 27.9. The molecule has 4 aromatic rings. The van der Waals surface area contributed by atoms with Crippen LogP contribution in [0.5, 0.6) is 5.75 Å². The van der Waals surface area contributed by atoms with Crippen LogP contribution in [0.1, 0.15) is 40.2 Å². The van der Waals surface area contributed by atoms with E-state index in [0.717, 1.165) is 12.5 Å². The molecule has 3 heterocycles. The van der Waals surface area contributed by atoms with Crippen LogP contribution in [0.3, 0.4) is 0 Å². The number of carbonyl (C=O) groups excluding carboxylic acids is 1. The lowest BCUT2D eigenvalue weighted by Gasteiger charge is -2.29. The van der Waals surface area contributed by atoms with Crippen LogP contribution in [0.15, 0.2) is 60.7 Å². The van der Waals surface area contributed by atoms with Crippen LogP contribution < -0.4 is 4.74 Å². The molecule has 1 aromatic heterocycles. The standard InChI is InChI=1S/C31H26ClF2N3O5/c32-21-6-4-20(25(34)14-21)17-42-30-23(2-1-3-24(30)33)18-8-10-36(29(38)13-18)16-28-35-26-7-5-19(31(39)40)12-27(26)37(28)15-22-9-11-41-22/h1-7,12-14,22H,8-11,15-17H2,(H,39,40)/t22-/m0/s1. The van der Waals surface area contributed by atoms with Crippen molar-refractivity contribution in [3.8, 4) is 5.75 Å². The Bertz CT molecular complexity index is 1730. The maximum absolute atomic E-state index is 14.9. The summed E-state index contributed by atoms with van der Waals surface area (Å²) in [6.07, 6.45) is 2.76. The van der Waals surface area contributed by atoms with Gasteiger partial charge in [0.2, 0.25) is 5.91 Å². The number of fused-ring (bicyclic) bond motifs is 1. The van der Waals surface area contributed by atoms with Crippen molar-refractivity contribution in [2.24, 2.45) is 0 Å². The maximum atomic E-state index is 14.9. The number of carboxylic acid groups (broad SMARTS) is 1. The van der Waals surface area contributed by atoms with Crippen molar-refractivity contribution in [1.29, 1.82) is 0 Å². The van der Waals surface area contributed by atoms with E-state index >= 15 is 0 Å². The summed E-state index contributed by atoms with van der Waals surface area (Å²) in [5.41, 5.74) is 2.70. The largest absolute Gasteiger partial charge is 0.485 e. The van der Waals surface area contributed by atoms with E-state index in [1.807, 2.05) is 4.57 Å².